The van der Waals surface area contributed by atoms with Crippen molar-refractivity contribution in [2.45, 2.75) is 66.1 Å². The molecule has 0 saturated heterocycles. The molecule has 0 radical (unpaired) electrons. The Balaban J connectivity index is 2.53. The Labute approximate surface area is 123 Å². The summed E-state index contributed by atoms with van der Waals surface area (Å²) in [6.45, 7) is 13.0. The maximum Gasteiger partial charge on any atom is 0.217 e. The summed E-state index contributed by atoms with van der Waals surface area (Å²) in [5.41, 5.74) is 3.77. The third kappa shape index (κ3) is 5.74. The smallest absolute Gasteiger partial charge is 0.217 e. The number of aryl methyl sites for hydroxylation is 2. The van der Waals surface area contributed by atoms with E-state index in [2.05, 4.69) is 63.5 Å². The molecule has 20 heavy (non-hydrogen) atoms. The van der Waals surface area contributed by atoms with Crippen LogP contribution in [-0.2, 0) is 11.3 Å². The molecule has 0 fully saturated rings. The quantitative estimate of drug-likeness (QED) is 0.838. The van der Waals surface area contributed by atoms with Crippen LogP contribution in [0.15, 0.2) is 18.2 Å². The number of carbonyl (C=O) groups is 1. The molecule has 1 aromatic rings. The second-order valence-corrected chi connectivity index (χ2v) is 6.48. The van der Waals surface area contributed by atoms with Crippen molar-refractivity contribution in [2.75, 3.05) is 0 Å². The lowest BCUT2D eigenvalue weighted by Crippen LogP contribution is -2.46. The fourth-order valence-corrected chi connectivity index (χ4v) is 2.64. The van der Waals surface area contributed by atoms with E-state index in [0.29, 0.717) is 6.04 Å². The molecule has 112 valence electrons. The standard InChI is InChI=1S/C17H28N2O/c1-12-7-8-13(2)16(9-12)11-18-14(3)10-17(5,6)19-15(4)20/h7-9,14,18H,10-11H2,1-6H3,(H,19,20). The fourth-order valence-electron chi connectivity index (χ4n) is 2.64. The molecule has 1 atom stereocenters. The SMILES string of the molecule is CC(=O)NC(C)(C)CC(C)NCc1cc(C)ccc1C. The minimum absolute atomic E-state index is 0.0247. The summed E-state index contributed by atoms with van der Waals surface area (Å²) in [4.78, 5) is 11.2. The van der Waals surface area contributed by atoms with E-state index < -0.39 is 0 Å². The van der Waals surface area contributed by atoms with E-state index in [9.17, 15) is 4.79 Å². The fraction of sp³-hybridized carbons (Fsp3) is 0.588. The molecule has 3 nitrogen and oxygen atoms in total. The van der Waals surface area contributed by atoms with Gasteiger partial charge in [-0.3, -0.25) is 4.79 Å². The highest BCUT2D eigenvalue weighted by Crippen LogP contribution is 2.14. The van der Waals surface area contributed by atoms with Crippen LogP contribution in [-0.4, -0.2) is 17.5 Å². The van der Waals surface area contributed by atoms with E-state index in [0.717, 1.165) is 13.0 Å². The van der Waals surface area contributed by atoms with Gasteiger partial charge in [0, 0.05) is 25.0 Å². The highest BCUT2D eigenvalue weighted by Gasteiger charge is 2.21. The van der Waals surface area contributed by atoms with Gasteiger partial charge in [0.25, 0.3) is 0 Å². The van der Waals surface area contributed by atoms with E-state index in [1.54, 1.807) is 6.92 Å². The molecule has 0 aliphatic heterocycles. The van der Waals surface area contributed by atoms with Gasteiger partial charge >= 0.3 is 0 Å². The zero-order chi connectivity index (χ0) is 15.3. The summed E-state index contributed by atoms with van der Waals surface area (Å²) >= 11 is 0. The first-order valence-corrected chi connectivity index (χ1v) is 7.28. The zero-order valence-electron chi connectivity index (χ0n) is 13.6. The summed E-state index contributed by atoms with van der Waals surface area (Å²) in [5, 5.41) is 6.53. The molecule has 2 N–H and O–H groups in total. The van der Waals surface area contributed by atoms with Crippen LogP contribution in [0.25, 0.3) is 0 Å². The lowest BCUT2D eigenvalue weighted by Gasteiger charge is -2.29. The molecule has 0 bridgehead atoms. The Hall–Kier alpha value is -1.35. The van der Waals surface area contributed by atoms with Gasteiger partial charge < -0.3 is 10.6 Å². The molecular weight excluding hydrogens is 248 g/mol. The lowest BCUT2D eigenvalue weighted by atomic mass is 9.95. The lowest BCUT2D eigenvalue weighted by molar-refractivity contribution is -0.120. The van der Waals surface area contributed by atoms with Gasteiger partial charge in [0.05, 0.1) is 0 Å². The summed E-state index contributed by atoms with van der Waals surface area (Å²) in [6.07, 6.45) is 0.900. The minimum Gasteiger partial charge on any atom is -0.351 e. The van der Waals surface area contributed by atoms with Crippen LogP contribution in [0.4, 0.5) is 0 Å². The van der Waals surface area contributed by atoms with Crippen molar-refractivity contribution in [3.05, 3.63) is 34.9 Å². The number of amides is 1. The molecule has 1 aromatic carbocycles. The Morgan fingerprint density at radius 3 is 2.55 bits per heavy atom. The third-order valence-corrected chi connectivity index (χ3v) is 3.48. The Morgan fingerprint density at radius 2 is 1.95 bits per heavy atom. The highest BCUT2D eigenvalue weighted by atomic mass is 16.1. The molecule has 0 saturated carbocycles. The molecule has 0 aliphatic rings. The van der Waals surface area contributed by atoms with Gasteiger partial charge in [0.2, 0.25) is 5.91 Å². The van der Waals surface area contributed by atoms with Crippen molar-refractivity contribution < 1.29 is 4.79 Å². The van der Waals surface area contributed by atoms with Crippen molar-refractivity contribution in [1.82, 2.24) is 10.6 Å². The molecule has 0 spiro atoms. The van der Waals surface area contributed by atoms with Gasteiger partial charge in [-0.2, -0.15) is 0 Å². The van der Waals surface area contributed by atoms with Gasteiger partial charge in [-0.1, -0.05) is 23.8 Å². The Kier molecular flexibility index (Phi) is 5.75. The number of benzene rings is 1. The maximum absolute atomic E-state index is 11.2. The average Bonchev–Trinajstić information content (AvgIpc) is 2.27. The molecule has 0 aliphatic carbocycles. The molecule has 0 heterocycles. The van der Waals surface area contributed by atoms with E-state index in [1.165, 1.54) is 16.7 Å². The van der Waals surface area contributed by atoms with Crippen LogP contribution in [0, 0.1) is 13.8 Å². The monoisotopic (exact) mass is 276 g/mol. The predicted molar refractivity (Wildman–Crippen MR) is 84.7 cm³/mol. The van der Waals surface area contributed by atoms with Crippen molar-refractivity contribution in [1.29, 1.82) is 0 Å². The molecule has 1 rings (SSSR count). The largest absolute Gasteiger partial charge is 0.351 e. The minimum atomic E-state index is -0.181. The van der Waals surface area contributed by atoms with E-state index in [-0.39, 0.29) is 11.4 Å². The first-order chi connectivity index (χ1) is 9.19. The summed E-state index contributed by atoms with van der Waals surface area (Å²) < 4.78 is 0. The van der Waals surface area contributed by atoms with Gasteiger partial charge in [0.1, 0.15) is 0 Å². The van der Waals surface area contributed by atoms with Crippen LogP contribution in [0.1, 0.15) is 50.8 Å². The topological polar surface area (TPSA) is 41.1 Å². The molecule has 3 heteroatoms. The first kappa shape index (κ1) is 16.7. The second-order valence-electron chi connectivity index (χ2n) is 6.48. The first-order valence-electron chi connectivity index (χ1n) is 7.28. The van der Waals surface area contributed by atoms with Gasteiger partial charge in [0.15, 0.2) is 0 Å². The highest BCUT2D eigenvalue weighted by molar-refractivity contribution is 5.73. The van der Waals surface area contributed by atoms with Crippen LogP contribution in [0.3, 0.4) is 0 Å². The number of rotatable bonds is 6. The van der Waals surface area contributed by atoms with Crippen molar-refractivity contribution in [3.63, 3.8) is 0 Å². The maximum atomic E-state index is 11.2. The third-order valence-electron chi connectivity index (χ3n) is 3.48. The van der Waals surface area contributed by atoms with Gasteiger partial charge in [-0.15, -0.1) is 0 Å². The number of hydrogen-bond acceptors (Lipinski definition) is 2. The van der Waals surface area contributed by atoms with E-state index >= 15 is 0 Å². The summed E-state index contributed by atoms with van der Waals surface area (Å²) in [5.74, 6) is 0.0247. The van der Waals surface area contributed by atoms with Crippen molar-refractivity contribution in [3.8, 4) is 0 Å². The van der Waals surface area contributed by atoms with E-state index in [4.69, 9.17) is 0 Å². The normalized spacial score (nSPS) is 13.1. The summed E-state index contributed by atoms with van der Waals surface area (Å²) in [6, 6.07) is 6.88. The van der Waals surface area contributed by atoms with Crippen LogP contribution in [0.2, 0.25) is 0 Å². The second kappa shape index (κ2) is 6.89. The van der Waals surface area contributed by atoms with Crippen LogP contribution < -0.4 is 10.6 Å². The molecule has 0 aromatic heterocycles. The number of carbonyl (C=O) groups excluding carboxylic acids is 1. The Morgan fingerprint density at radius 1 is 1.30 bits per heavy atom. The number of nitrogens with one attached hydrogen (secondary N) is 2. The van der Waals surface area contributed by atoms with Crippen molar-refractivity contribution in [2.24, 2.45) is 0 Å². The van der Waals surface area contributed by atoms with E-state index in [1.807, 2.05) is 0 Å². The predicted octanol–water partition coefficient (Wildman–Crippen LogP) is 3.09. The zero-order valence-corrected chi connectivity index (χ0v) is 13.6. The molecule has 1 unspecified atom stereocenters. The average molecular weight is 276 g/mol. The van der Waals surface area contributed by atoms with Crippen LogP contribution >= 0.6 is 0 Å². The Bertz CT molecular complexity index is 466. The molecular formula is C17H28N2O. The number of hydrogen-bond donors (Lipinski definition) is 2. The van der Waals surface area contributed by atoms with Crippen LogP contribution in [0.5, 0.6) is 0 Å². The van der Waals surface area contributed by atoms with Gasteiger partial charge in [-0.25, -0.2) is 0 Å². The molecule has 1 amide bonds. The van der Waals surface area contributed by atoms with Gasteiger partial charge in [-0.05, 0) is 52.2 Å². The summed E-state index contributed by atoms with van der Waals surface area (Å²) in [7, 11) is 0. The van der Waals surface area contributed by atoms with Crippen molar-refractivity contribution >= 4 is 5.91 Å².